The minimum atomic E-state index is -1.08. The summed E-state index contributed by atoms with van der Waals surface area (Å²) in [4.78, 5) is 23.1. The van der Waals surface area contributed by atoms with E-state index in [1.807, 2.05) is 0 Å². The Hall–Kier alpha value is -1.56. The molecular formula is C14H8BrCl2NO3. The number of carboxylic acid groups (broad SMARTS) is 1. The quantitative estimate of drug-likeness (QED) is 0.800. The first-order chi connectivity index (χ1) is 9.86. The molecule has 0 fully saturated rings. The summed E-state index contributed by atoms with van der Waals surface area (Å²) in [5, 5.41) is 12.2. The third-order valence-corrected chi connectivity index (χ3v) is 3.78. The summed E-state index contributed by atoms with van der Waals surface area (Å²) >= 11 is 14.8. The average molecular weight is 389 g/mol. The van der Waals surface area contributed by atoms with Crippen LogP contribution in [0.25, 0.3) is 0 Å². The van der Waals surface area contributed by atoms with Crippen molar-refractivity contribution in [3.63, 3.8) is 0 Å². The third-order valence-electron chi connectivity index (χ3n) is 2.58. The van der Waals surface area contributed by atoms with Gasteiger partial charge >= 0.3 is 5.97 Å². The van der Waals surface area contributed by atoms with Gasteiger partial charge in [0.15, 0.2) is 0 Å². The lowest BCUT2D eigenvalue weighted by Crippen LogP contribution is -2.12. The molecule has 0 aliphatic heterocycles. The van der Waals surface area contributed by atoms with Gasteiger partial charge in [0, 0.05) is 15.7 Å². The molecule has 0 aliphatic carbocycles. The van der Waals surface area contributed by atoms with Crippen LogP contribution >= 0.6 is 39.1 Å². The average Bonchev–Trinajstić information content (AvgIpc) is 2.41. The predicted molar refractivity (Wildman–Crippen MR) is 85.5 cm³/mol. The third kappa shape index (κ3) is 3.97. The lowest BCUT2D eigenvalue weighted by Gasteiger charge is -2.08. The van der Waals surface area contributed by atoms with Gasteiger partial charge in [0.05, 0.1) is 15.6 Å². The number of halogens is 3. The van der Waals surface area contributed by atoms with Gasteiger partial charge in [0.1, 0.15) is 0 Å². The highest BCUT2D eigenvalue weighted by Gasteiger charge is 2.11. The summed E-state index contributed by atoms with van der Waals surface area (Å²) in [5.41, 5.74) is 0.743. The molecule has 2 aromatic rings. The zero-order valence-electron chi connectivity index (χ0n) is 10.4. The molecule has 0 radical (unpaired) electrons. The van der Waals surface area contributed by atoms with E-state index in [0.717, 1.165) is 0 Å². The van der Waals surface area contributed by atoms with Gasteiger partial charge < -0.3 is 10.4 Å². The van der Waals surface area contributed by atoms with Crippen LogP contribution in [0.4, 0.5) is 5.69 Å². The molecule has 0 saturated carbocycles. The maximum Gasteiger partial charge on any atom is 0.335 e. The van der Waals surface area contributed by atoms with Gasteiger partial charge in [-0.15, -0.1) is 0 Å². The van der Waals surface area contributed by atoms with Crippen LogP contribution in [0.5, 0.6) is 0 Å². The zero-order valence-corrected chi connectivity index (χ0v) is 13.5. The van der Waals surface area contributed by atoms with Gasteiger partial charge in [-0.25, -0.2) is 4.79 Å². The topological polar surface area (TPSA) is 66.4 Å². The summed E-state index contributed by atoms with van der Waals surface area (Å²) in [5.74, 6) is -1.50. The van der Waals surface area contributed by atoms with Gasteiger partial charge in [-0.2, -0.15) is 0 Å². The van der Waals surface area contributed by atoms with Gasteiger partial charge in [0.25, 0.3) is 5.91 Å². The molecule has 7 heteroatoms. The Bertz CT molecular complexity index is 734. The Kier molecular flexibility index (Phi) is 4.88. The number of carbonyl (C=O) groups excluding carboxylic acids is 1. The molecule has 2 aromatic carbocycles. The van der Waals surface area contributed by atoms with E-state index in [1.165, 1.54) is 30.3 Å². The summed E-state index contributed by atoms with van der Waals surface area (Å²) in [6.45, 7) is 0. The summed E-state index contributed by atoms with van der Waals surface area (Å²) in [7, 11) is 0. The van der Waals surface area contributed by atoms with Gasteiger partial charge in [0.2, 0.25) is 0 Å². The molecule has 0 aromatic heterocycles. The predicted octanol–water partition coefficient (Wildman–Crippen LogP) is 4.71. The molecule has 0 spiro atoms. The van der Waals surface area contributed by atoms with Crippen LogP contribution in [-0.4, -0.2) is 17.0 Å². The second-order valence-electron chi connectivity index (χ2n) is 4.12. The fourth-order valence-corrected chi connectivity index (χ4v) is 2.42. The maximum atomic E-state index is 12.1. The van der Waals surface area contributed by atoms with Crippen molar-refractivity contribution in [2.24, 2.45) is 0 Å². The summed E-state index contributed by atoms with van der Waals surface area (Å²) < 4.78 is 0.548. The van der Waals surface area contributed by atoms with Crippen molar-refractivity contribution in [3.05, 3.63) is 62.0 Å². The molecule has 2 rings (SSSR count). The van der Waals surface area contributed by atoms with E-state index in [9.17, 15) is 9.59 Å². The van der Waals surface area contributed by atoms with Crippen molar-refractivity contribution in [1.29, 1.82) is 0 Å². The highest BCUT2D eigenvalue weighted by molar-refractivity contribution is 9.10. The van der Waals surface area contributed by atoms with E-state index >= 15 is 0 Å². The lowest BCUT2D eigenvalue weighted by molar-refractivity contribution is 0.0696. The van der Waals surface area contributed by atoms with E-state index in [1.54, 1.807) is 6.07 Å². The van der Waals surface area contributed by atoms with Gasteiger partial charge in [-0.1, -0.05) is 39.1 Å². The molecule has 0 heterocycles. The van der Waals surface area contributed by atoms with E-state index in [4.69, 9.17) is 28.3 Å². The maximum absolute atomic E-state index is 12.1. The number of hydrogen-bond acceptors (Lipinski definition) is 2. The van der Waals surface area contributed by atoms with Crippen LogP contribution in [0.2, 0.25) is 10.0 Å². The monoisotopic (exact) mass is 387 g/mol. The molecule has 0 aliphatic rings. The molecule has 4 nitrogen and oxygen atoms in total. The standard InChI is InChI=1S/C14H8BrCl2NO3/c15-9-3-8(14(20)21)4-10(6-9)18-13(19)7-1-2-11(16)12(17)5-7/h1-6H,(H,18,19)(H,20,21). The van der Waals surface area contributed by atoms with E-state index < -0.39 is 11.9 Å². The number of carboxylic acids is 1. The van der Waals surface area contributed by atoms with Crippen LogP contribution in [0.15, 0.2) is 40.9 Å². The second-order valence-corrected chi connectivity index (χ2v) is 5.85. The molecular weight excluding hydrogens is 381 g/mol. The first-order valence-corrected chi connectivity index (χ1v) is 7.22. The molecule has 0 unspecified atom stereocenters. The van der Waals surface area contributed by atoms with Crippen LogP contribution in [0, 0.1) is 0 Å². The fraction of sp³-hybridized carbons (Fsp3) is 0. The fourth-order valence-electron chi connectivity index (χ4n) is 1.63. The number of amides is 1. The first-order valence-electron chi connectivity index (χ1n) is 5.67. The Morgan fingerprint density at radius 2 is 1.71 bits per heavy atom. The number of carbonyl (C=O) groups is 2. The number of nitrogens with one attached hydrogen (secondary N) is 1. The van der Waals surface area contributed by atoms with Crippen LogP contribution in [-0.2, 0) is 0 Å². The SMILES string of the molecule is O=C(O)c1cc(Br)cc(NC(=O)c2ccc(Cl)c(Cl)c2)c1. The first kappa shape index (κ1) is 15.8. The Morgan fingerprint density at radius 1 is 1.00 bits per heavy atom. The molecule has 2 N–H and O–H groups in total. The van der Waals surface area contributed by atoms with Crippen molar-refractivity contribution in [2.45, 2.75) is 0 Å². The summed E-state index contributed by atoms with van der Waals surface area (Å²) in [6.07, 6.45) is 0. The Balaban J connectivity index is 2.27. The molecule has 21 heavy (non-hydrogen) atoms. The van der Waals surface area contributed by atoms with Gasteiger partial charge in [-0.3, -0.25) is 4.79 Å². The van der Waals surface area contributed by atoms with Crippen molar-refractivity contribution >= 4 is 56.7 Å². The Labute approximate surface area is 138 Å². The normalized spacial score (nSPS) is 10.2. The van der Waals surface area contributed by atoms with E-state index in [2.05, 4.69) is 21.2 Å². The number of hydrogen-bond donors (Lipinski definition) is 2. The zero-order chi connectivity index (χ0) is 15.6. The highest BCUT2D eigenvalue weighted by Crippen LogP contribution is 2.24. The smallest absolute Gasteiger partial charge is 0.335 e. The minimum absolute atomic E-state index is 0.0637. The lowest BCUT2D eigenvalue weighted by atomic mass is 10.1. The van der Waals surface area contributed by atoms with Crippen LogP contribution in [0.3, 0.4) is 0 Å². The minimum Gasteiger partial charge on any atom is -0.478 e. The van der Waals surface area contributed by atoms with E-state index in [-0.39, 0.29) is 10.6 Å². The number of benzene rings is 2. The number of aromatic carboxylic acids is 1. The largest absolute Gasteiger partial charge is 0.478 e. The number of rotatable bonds is 3. The summed E-state index contributed by atoms with van der Waals surface area (Å²) in [6, 6.07) is 8.89. The number of anilines is 1. The molecule has 0 saturated heterocycles. The molecule has 108 valence electrons. The van der Waals surface area contributed by atoms with Gasteiger partial charge in [-0.05, 0) is 36.4 Å². The van der Waals surface area contributed by atoms with Crippen molar-refractivity contribution in [1.82, 2.24) is 0 Å². The molecule has 1 amide bonds. The van der Waals surface area contributed by atoms with Crippen molar-refractivity contribution in [2.75, 3.05) is 5.32 Å². The molecule has 0 atom stereocenters. The Morgan fingerprint density at radius 3 is 2.33 bits per heavy atom. The second kappa shape index (κ2) is 6.47. The molecule has 0 bridgehead atoms. The van der Waals surface area contributed by atoms with Crippen LogP contribution < -0.4 is 5.32 Å². The van der Waals surface area contributed by atoms with E-state index in [0.29, 0.717) is 20.7 Å². The van der Waals surface area contributed by atoms with Crippen molar-refractivity contribution in [3.8, 4) is 0 Å². The van der Waals surface area contributed by atoms with Crippen molar-refractivity contribution < 1.29 is 14.7 Å². The highest BCUT2D eigenvalue weighted by atomic mass is 79.9. The van der Waals surface area contributed by atoms with Crippen LogP contribution in [0.1, 0.15) is 20.7 Å².